The molecule has 57 heavy (non-hydrogen) atoms. The zero-order valence-corrected chi connectivity index (χ0v) is 38.6. The molecular weight excluding hydrogens is 735 g/mol. The first-order valence-corrected chi connectivity index (χ1v) is 26.2. The van der Waals surface area contributed by atoms with Crippen LogP contribution in [-0.2, 0) is 18.4 Å². The maximum absolute atomic E-state index is 12.9. The molecule has 4 unspecified atom stereocenters. The minimum atomic E-state index is -4.37. The lowest BCUT2D eigenvalue weighted by atomic mass is 10.0. The van der Waals surface area contributed by atoms with E-state index in [1.807, 2.05) is 0 Å². The first-order chi connectivity index (χ1) is 27.8. The van der Waals surface area contributed by atoms with Gasteiger partial charge >= 0.3 is 7.82 Å². The number of hydrogen-bond donors (Lipinski definition) is 5. The SMILES string of the molecule is CCCCCCCCCCCCCCCCCCCCCCC(O)CC(=O)NC(COP(=O)(O)OCCN)C(O)CCCCCCCCCCCCCCCCC. The molecule has 0 aromatic heterocycles. The Bertz CT molecular complexity index is 883. The first-order valence-electron chi connectivity index (χ1n) is 24.7. The number of nitrogens with two attached hydrogens (primary N) is 1. The van der Waals surface area contributed by atoms with E-state index in [1.54, 1.807) is 0 Å². The number of rotatable bonds is 47. The second kappa shape index (κ2) is 43.5. The lowest BCUT2D eigenvalue weighted by Crippen LogP contribution is -2.47. The van der Waals surface area contributed by atoms with Gasteiger partial charge in [-0.3, -0.25) is 13.8 Å². The highest BCUT2D eigenvalue weighted by Gasteiger charge is 2.28. The van der Waals surface area contributed by atoms with E-state index >= 15 is 0 Å². The number of carbonyl (C=O) groups excluding carboxylic acids is 1. The molecule has 0 bridgehead atoms. The van der Waals surface area contributed by atoms with E-state index in [2.05, 4.69) is 19.2 Å². The van der Waals surface area contributed by atoms with Crippen molar-refractivity contribution in [2.75, 3.05) is 19.8 Å². The molecule has 6 N–H and O–H groups in total. The number of amides is 1. The summed E-state index contributed by atoms with van der Waals surface area (Å²) >= 11 is 0. The fourth-order valence-corrected chi connectivity index (χ4v) is 8.53. The average Bonchev–Trinajstić information content (AvgIpc) is 3.19. The fourth-order valence-electron chi connectivity index (χ4n) is 7.77. The number of unbranched alkanes of at least 4 members (excludes halogenated alkanes) is 33. The summed E-state index contributed by atoms with van der Waals surface area (Å²) in [5.74, 6) is -0.407. The van der Waals surface area contributed by atoms with Crippen LogP contribution in [-0.4, -0.2) is 59.0 Å². The molecule has 1 amide bonds. The number of phosphoric acid groups is 1. The van der Waals surface area contributed by atoms with Gasteiger partial charge in [0.05, 0.1) is 37.9 Å². The number of carbonyl (C=O) groups is 1. The molecule has 9 nitrogen and oxygen atoms in total. The fraction of sp³-hybridized carbons (Fsp3) is 0.979. The molecule has 0 aromatic rings. The molecule has 0 saturated heterocycles. The Kier molecular flexibility index (Phi) is 43.1. The topological polar surface area (TPSA) is 151 Å². The van der Waals surface area contributed by atoms with Crippen LogP contribution in [0.4, 0.5) is 0 Å². The first kappa shape index (κ1) is 56.5. The second-order valence-corrected chi connectivity index (χ2v) is 18.7. The van der Waals surface area contributed by atoms with Crippen LogP contribution in [0.3, 0.4) is 0 Å². The van der Waals surface area contributed by atoms with Crippen LogP contribution in [0, 0.1) is 0 Å². The standard InChI is InChI=1S/C47H97N2O7P/c1-3-5-7-9-11-13-15-17-19-20-21-22-23-25-26-28-30-32-34-36-38-44(50)42-47(52)49-45(43-56-57(53,54)55-41-40-48)46(51)39-37-35-33-31-29-27-24-18-16-14-12-10-8-6-4-2/h44-46,50-51H,3-43,48H2,1-2H3,(H,49,52)(H,53,54). The van der Waals surface area contributed by atoms with Crippen LogP contribution < -0.4 is 11.1 Å². The van der Waals surface area contributed by atoms with Crippen LogP contribution in [0.2, 0.25) is 0 Å². The number of hydrogen-bond acceptors (Lipinski definition) is 7. The lowest BCUT2D eigenvalue weighted by molar-refractivity contribution is -0.125. The zero-order chi connectivity index (χ0) is 41.9. The molecule has 0 radical (unpaired) electrons. The average molecular weight is 833 g/mol. The molecule has 342 valence electrons. The van der Waals surface area contributed by atoms with Gasteiger partial charge in [0, 0.05) is 6.54 Å². The highest BCUT2D eigenvalue weighted by molar-refractivity contribution is 7.47. The van der Waals surface area contributed by atoms with Crippen LogP contribution in [0.1, 0.15) is 258 Å². The molecule has 0 spiro atoms. The molecule has 0 saturated carbocycles. The lowest BCUT2D eigenvalue weighted by Gasteiger charge is -2.25. The number of aliphatic hydroxyl groups is 2. The molecule has 0 aromatic carbocycles. The molecule has 0 aliphatic heterocycles. The highest BCUT2D eigenvalue weighted by Crippen LogP contribution is 2.43. The van der Waals surface area contributed by atoms with Gasteiger partial charge in [0.1, 0.15) is 0 Å². The van der Waals surface area contributed by atoms with E-state index in [4.69, 9.17) is 14.8 Å². The smallest absolute Gasteiger partial charge is 0.393 e. The third-order valence-electron chi connectivity index (χ3n) is 11.5. The van der Waals surface area contributed by atoms with Gasteiger partial charge in [-0.1, -0.05) is 239 Å². The van der Waals surface area contributed by atoms with Crippen molar-refractivity contribution in [1.82, 2.24) is 5.32 Å². The van der Waals surface area contributed by atoms with Crippen molar-refractivity contribution in [3.8, 4) is 0 Å². The second-order valence-electron chi connectivity index (χ2n) is 17.2. The molecule has 0 fully saturated rings. The molecule has 10 heteroatoms. The summed E-state index contributed by atoms with van der Waals surface area (Å²) in [7, 11) is -4.37. The van der Waals surface area contributed by atoms with Crippen LogP contribution in [0.5, 0.6) is 0 Å². The van der Waals surface area contributed by atoms with Gasteiger partial charge in [0.25, 0.3) is 0 Å². The van der Waals surface area contributed by atoms with E-state index in [-0.39, 0.29) is 26.2 Å². The Balaban J connectivity index is 4.11. The number of aliphatic hydroxyl groups excluding tert-OH is 2. The van der Waals surface area contributed by atoms with E-state index in [0.717, 1.165) is 38.5 Å². The maximum atomic E-state index is 12.9. The Morgan fingerprint density at radius 3 is 1.18 bits per heavy atom. The molecule has 0 rings (SSSR count). The van der Waals surface area contributed by atoms with Crippen LogP contribution in [0.15, 0.2) is 0 Å². The molecular formula is C47H97N2O7P. The monoisotopic (exact) mass is 833 g/mol. The predicted octanol–water partition coefficient (Wildman–Crippen LogP) is 13.1. The highest BCUT2D eigenvalue weighted by atomic mass is 31.2. The Labute approximate surface area is 353 Å². The summed E-state index contributed by atoms with van der Waals surface area (Å²) in [6.07, 6.45) is 44.3. The van der Waals surface area contributed by atoms with Gasteiger partial charge in [-0.2, -0.15) is 0 Å². The predicted molar refractivity (Wildman–Crippen MR) is 242 cm³/mol. The summed E-state index contributed by atoms with van der Waals surface area (Å²) in [5.41, 5.74) is 5.38. The molecule has 4 atom stereocenters. The van der Waals surface area contributed by atoms with Gasteiger partial charge in [0.15, 0.2) is 0 Å². The van der Waals surface area contributed by atoms with E-state index in [1.165, 1.54) is 186 Å². The van der Waals surface area contributed by atoms with Gasteiger partial charge in [0.2, 0.25) is 5.91 Å². The maximum Gasteiger partial charge on any atom is 0.472 e. The molecule has 0 heterocycles. The summed E-state index contributed by atoms with van der Waals surface area (Å²) in [4.78, 5) is 22.9. The largest absolute Gasteiger partial charge is 0.472 e. The number of phosphoric ester groups is 1. The minimum Gasteiger partial charge on any atom is -0.393 e. The molecule has 0 aliphatic carbocycles. The Morgan fingerprint density at radius 2 is 0.842 bits per heavy atom. The third kappa shape index (κ3) is 42.0. The van der Waals surface area contributed by atoms with Gasteiger partial charge < -0.3 is 26.2 Å². The summed E-state index contributed by atoms with van der Waals surface area (Å²) in [6, 6.07) is -0.891. The summed E-state index contributed by atoms with van der Waals surface area (Å²) < 4.78 is 22.2. The molecule has 0 aliphatic rings. The Morgan fingerprint density at radius 1 is 0.526 bits per heavy atom. The number of nitrogens with one attached hydrogen (secondary N) is 1. The van der Waals surface area contributed by atoms with E-state index in [0.29, 0.717) is 12.8 Å². The van der Waals surface area contributed by atoms with Crippen LogP contribution >= 0.6 is 7.82 Å². The van der Waals surface area contributed by atoms with Gasteiger partial charge in [-0.25, -0.2) is 4.57 Å². The normalized spacial score (nSPS) is 14.4. The van der Waals surface area contributed by atoms with E-state index < -0.39 is 32.0 Å². The quantitative estimate of drug-likeness (QED) is 0.0300. The van der Waals surface area contributed by atoms with Crippen molar-refractivity contribution in [3.63, 3.8) is 0 Å². The van der Waals surface area contributed by atoms with Crippen molar-refractivity contribution in [3.05, 3.63) is 0 Å². The van der Waals surface area contributed by atoms with Gasteiger partial charge in [-0.15, -0.1) is 0 Å². The summed E-state index contributed by atoms with van der Waals surface area (Å²) in [6.45, 7) is 4.09. The van der Waals surface area contributed by atoms with Crippen LogP contribution in [0.25, 0.3) is 0 Å². The van der Waals surface area contributed by atoms with Gasteiger partial charge in [-0.05, 0) is 12.8 Å². The Hall–Kier alpha value is -0.540. The van der Waals surface area contributed by atoms with Crippen molar-refractivity contribution in [2.45, 2.75) is 276 Å². The van der Waals surface area contributed by atoms with E-state index in [9.17, 15) is 24.5 Å². The third-order valence-corrected chi connectivity index (χ3v) is 12.5. The van der Waals surface area contributed by atoms with Crippen molar-refractivity contribution in [1.29, 1.82) is 0 Å². The minimum absolute atomic E-state index is 0.0628. The summed E-state index contributed by atoms with van der Waals surface area (Å²) in [5, 5.41) is 24.3. The van der Waals surface area contributed by atoms with Crippen molar-refractivity contribution < 1.29 is 33.5 Å². The van der Waals surface area contributed by atoms with Crippen molar-refractivity contribution >= 4 is 13.7 Å². The van der Waals surface area contributed by atoms with Crippen molar-refractivity contribution in [2.24, 2.45) is 5.73 Å². The zero-order valence-electron chi connectivity index (χ0n) is 37.7.